The van der Waals surface area contributed by atoms with Crippen molar-refractivity contribution in [2.24, 2.45) is 0 Å². The Morgan fingerprint density at radius 3 is 2.83 bits per heavy atom. The van der Waals surface area contributed by atoms with Crippen LogP contribution in [0.1, 0.15) is 16.8 Å². The fraction of sp³-hybridized carbons (Fsp3) is 0.357. The Labute approximate surface area is 106 Å². The summed E-state index contributed by atoms with van der Waals surface area (Å²) in [6, 6.07) is 6.70. The summed E-state index contributed by atoms with van der Waals surface area (Å²) in [6.45, 7) is 1.34. The first-order chi connectivity index (χ1) is 8.79. The van der Waals surface area contributed by atoms with E-state index in [-0.39, 0.29) is 18.7 Å². The van der Waals surface area contributed by atoms with Crippen molar-refractivity contribution in [3.63, 3.8) is 0 Å². The third kappa shape index (κ3) is 3.25. The molecule has 94 valence electrons. The number of rotatable bonds is 4. The lowest BCUT2D eigenvalue weighted by molar-refractivity contribution is 0.0270. The Kier molecular flexibility index (Phi) is 4.21. The highest BCUT2D eigenvalue weighted by atomic mass is 16.6. The topological polar surface area (TPSA) is 44.8 Å². The van der Waals surface area contributed by atoms with Crippen molar-refractivity contribution in [1.82, 2.24) is 0 Å². The lowest BCUT2D eigenvalue weighted by Gasteiger charge is -2.10. The average Bonchev–Trinajstić information content (AvgIpc) is 2.89. The quantitative estimate of drug-likeness (QED) is 0.598. The van der Waals surface area contributed by atoms with Crippen LogP contribution in [-0.2, 0) is 9.47 Å². The first-order valence-electron chi connectivity index (χ1n) is 5.74. The third-order valence-electron chi connectivity index (χ3n) is 2.57. The van der Waals surface area contributed by atoms with Gasteiger partial charge in [-0.15, -0.1) is 6.42 Å². The molecular formula is C14H14O4. The van der Waals surface area contributed by atoms with Crippen molar-refractivity contribution >= 4 is 5.97 Å². The van der Waals surface area contributed by atoms with E-state index in [2.05, 4.69) is 5.92 Å². The van der Waals surface area contributed by atoms with Gasteiger partial charge in [0.15, 0.2) is 0 Å². The summed E-state index contributed by atoms with van der Waals surface area (Å²) in [5, 5.41) is 0. The third-order valence-corrected chi connectivity index (χ3v) is 2.57. The second-order valence-corrected chi connectivity index (χ2v) is 3.91. The first-order valence-corrected chi connectivity index (χ1v) is 5.74. The minimum absolute atomic E-state index is 0.130. The van der Waals surface area contributed by atoms with Crippen LogP contribution < -0.4 is 4.74 Å². The highest BCUT2D eigenvalue weighted by Crippen LogP contribution is 2.15. The minimum Gasteiger partial charge on any atom is -0.481 e. The van der Waals surface area contributed by atoms with Crippen molar-refractivity contribution < 1.29 is 19.0 Å². The van der Waals surface area contributed by atoms with Gasteiger partial charge < -0.3 is 14.2 Å². The SMILES string of the molecule is C#CCOc1ccc(C(=O)O[C@@H]2CCOC2)cc1. The molecule has 1 aromatic carbocycles. The predicted molar refractivity (Wildman–Crippen MR) is 65.4 cm³/mol. The van der Waals surface area contributed by atoms with Gasteiger partial charge in [-0.2, -0.15) is 0 Å². The van der Waals surface area contributed by atoms with Crippen molar-refractivity contribution in [2.45, 2.75) is 12.5 Å². The maximum absolute atomic E-state index is 11.8. The maximum atomic E-state index is 11.8. The highest BCUT2D eigenvalue weighted by molar-refractivity contribution is 5.89. The maximum Gasteiger partial charge on any atom is 0.338 e. The van der Waals surface area contributed by atoms with Crippen LogP contribution in [0.5, 0.6) is 5.75 Å². The monoisotopic (exact) mass is 246 g/mol. The number of terminal acetylenes is 1. The molecule has 0 spiro atoms. The van der Waals surface area contributed by atoms with Crippen molar-refractivity contribution in [3.8, 4) is 18.1 Å². The fourth-order valence-corrected chi connectivity index (χ4v) is 1.64. The molecule has 1 saturated heterocycles. The summed E-state index contributed by atoms with van der Waals surface area (Å²) in [5.41, 5.74) is 0.495. The summed E-state index contributed by atoms with van der Waals surface area (Å²) in [5.74, 6) is 2.67. The van der Waals surface area contributed by atoms with E-state index in [4.69, 9.17) is 20.6 Å². The van der Waals surface area contributed by atoms with Crippen LogP contribution in [0, 0.1) is 12.3 Å². The summed E-state index contributed by atoms with van der Waals surface area (Å²) in [4.78, 5) is 11.8. The van der Waals surface area contributed by atoms with Gasteiger partial charge in [-0.1, -0.05) is 5.92 Å². The molecule has 0 N–H and O–H groups in total. The smallest absolute Gasteiger partial charge is 0.338 e. The highest BCUT2D eigenvalue weighted by Gasteiger charge is 2.20. The number of esters is 1. The van der Waals surface area contributed by atoms with Crippen LogP contribution in [0.2, 0.25) is 0 Å². The Balaban J connectivity index is 1.91. The molecule has 4 heteroatoms. The molecule has 4 nitrogen and oxygen atoms in total. The number of carbonyl (C=O) groups is 1. The van der Waals surface area contributed by atoms with E-state index in [1.54, 1.807) is 24.3 Å². The largest absolute Gasteiger partial charge is 0.481 e. The molecule has 1 heterocycles. The molecule has 0 radical (unpaired) electrons. The molecule has 1 fully saturated rings. The molecule has 0 amide bonds. The number of hydrogen-bond acceptors (Lipinski definition) is 4. The summed E-state index contributed by atoms with van der Waals surface area (Å²) >= 11 is 0. The zero-order chi connectivity index (χ0) is 12.8. The van der Waals surface area contributed by atoms with Crippen molar-refractivity contribution in [2.75, 3.05) is 19.8 Å². The van der Waals surface area contributed by atoms with Crippen LogP contribution in [0.4, 0.5) is 0 Å². The molecule has 0 unspecified atom stereocenters. The van der Waals surface area contributed by atoms with E-state index in [1.807, 2.05) is 0 Å². The second kappa shape index (κ2) is 6.08. The molecule has 18 heavy (non-hydrogen) atoms. The van der Waals surface area contributed by atoms with Crippen LogP contribution in [0.3, 0.4) is 0 Å². The number of ether oxygens (including phenoxy) is 3. The molecule has 0 aromatic heterocycles. The Bertz CT molecular complexity index is 438. The van der Waals surface area contributed by atoms with E-state index in [0.29, 0.717) is 24.5 Å². The van der Waals surface area contributed by atoms with Gasteiger partial charge in [-0.3, -0.25) is 0 Å². The molecule has 2 rings (SSSR count). The average molecular weight is 246 g/mol. The minimum atomic E-state index is -0.339. The van der Waals surface area contributed by atoms with Gasteiger partial charge in [0.1, 0.15) is 18.5 Å². The lowest BCUT2D eigenvalue weighted by atomic mass is 10.2. The van der Waals surface area contributed by atoms with Gasteiger partial charge in [0, 0.05) is 6.42 Å². The van der Waals surface area contributed by atoms with E-state index < -0.39 is 0 Å². The molecule has 0 bridgehead atoms. The summed E-state index contributed by atoms with van der Waals surface area (Å²) in [7, 11) is 0. The van der Waals surface area contributed by atoms with E-state index >= 15 is 0 Å². The zero-order valence-electron chi connectivity index (χ0n) is 9.93. The molecule has 1 aliphatic heterocycles. The van der Waals surface area contributed by atoms with Crippen molar-refractivity contribution in [3.05, 3.63) is 29.8 Å². The fourth-order valence-electron chi connectivity index (χ4n) is 1.64. The van der Waals surface area contributed by atoms with Gasteiger partial charge in [0.2, 0.25) is 0 Å². The van der Waals surface area contributed by atoms with Crippen LogP contribution >= 0.6 is 0 Å². The van der Waals surface area contributed by atoms with E-state index in [9.17, 15) is 4.79 Å². The molecule has 1 atom stereocenters. The summed E-state index contributed by atoms with van der Waals surface area (Å²) < 4.78 is 15.6. The normalized spacial score (nSPS) is 18.1. The lowest BCUT2D eigenvalue weighted by Crippen LogP contribution is -2.18. The van der Waals surface area contributed by atoms with Crippen LogP contribution in [0.15, 0.2) is 24.3 Å². The summed E-state index contributed by atoms with van der Waals surface area (Å²) in [6.07, 6.45) is 5.71. The van der Waals surface area contributed by atoms with Gasteiger partial charge in [0.05, 0.1) is 18.8 Å². The Morgan fingerprint density at radius 2 is 2.22 bits per heavy atom. The van der Waals surface area contributed by atoms with Crippen LogP contribution in [-0.4, -0.2) is 31.9 Å². The van der Waals surface area contributed by atoms with Crippen molar-refractivity contribution in [1.29, 1.82) is 0 Å². The zero-order valence-corrected chi connectivity index (χ0v) is 9.93. The first kappa shape index (κ1) is 12.5. The number of benzene rings is 1. The second-order valence-electron chi connectivity index (χ2n) is 3.91. The molecule has 1 aliphatic rings. The van der Waals surface area contributed by atoms with Gasteiger partial charge in [-0.25, -0.2) is 4.79 Å². The van der Waals surface area contributed by atoms with Gasteiger partial charge in [-0.05, 0) is 24.3 Å². The molecule has 1 aromatic rings. The van der Waals surface area contributed by atoms with Crippen LogP contribution in [0.25, 0.3) is 0 Å². The Morgan fingerprint density at radius 1 is 1.44 bits per heavy atom. The number of carbonyl (C=O) groups excluding carboxylic acids is 1. The van der Waals surface area contributed by atoms with E-state index in [0.717, 1.165) is 6.42 Å². The Hall–Kier alpha value is -1.99. The standard InChI is InChI=1S/C14H14O4/c1-2-8-17-12-5-3-11(4-6-12)14(15)18-13-7-9-16-10-13/h1,3-6,13H,7-10H2/t13-/m1/s1. The molecule has 0 saturated carbocycles. The predicted octanol–water partition coefficient (Wildman–Crippen LogP) is 1.64. The number of hydrogen-bond donors (Lipinski definition) is 0. The van der Waals surface area contributed by atoms with Gasteiger partial charge >= 0.3 is 5.97 Å². The molecule has 0 aliphatic carbocycles. The van der Waals surface area contributed by atoms with E-state index in [1.165, 1.54) is 0 Å². The van der Waals surface area contributed by atoms with Gasteiger partial charge in [0.25, 0.3) is 0 Å². The molecular weight excluding hydrogens is 232 g/mol.